The highest BCUT2D eigenvalue weighted by Gasteiger charge is 2.36. The molecule has 1 N–H and O–H groups in total. The Morgan fingerprint density at radius 2 is 1.55 bits per heavy atom. The fourth-order valence-electron chi connectivity index (χ4n) is 4.40. The van der Waals surface area contributed by atoms with Gasteiger partial charge >= 0.3 is 5.63 Å². The Morgan fingerprint density at radius 1 is 0.968 bits per heavy atom. The number of aromatic hydroxyl groups is 1. The smallest absolute Gasteiger partial charge is 0.343 e. The zero-order chi connectivity index (χ0) is 22.7. The first-order chi connectivity index (χ1) is 14.7. The van der Waals surface area contributed by atoms with Gasteiger partial charge in [0, 0.05) is 30.5 Å². The summed E-state index contributed by atoms with van der Waals surface area (Å²) in [5.41, 5.74) is 0.647. The Kier molecular flexibility index (Phi) is 6.96. The zero-order valence-electron chi connectivity index (χ0n) is 18.8. The first-order valence-electron chi connectivity index (χ1n) is 10.8. The fourth-order valence-corrected chi connectivity index (χ4v) is 4.40. The van der Waals surface area contributed by atoms with E-state index in [-0.39, 0.29) is 29.2 Å². The standard InChI is InChI=1S/C26H31NO4/c1-16(2)27(17(3)4)15-21(18(5)28)23(19-11-7-6-8-12-19)24-25(29)20-13-9-10-14-22(20)31-26(24)30/h6-14,16-17,21,23,29H,15H2,1-5H3/t21-,23+/m0/s1. The predicted octanol–water partition coefficient (Wildman–Crippen LogP) is 4.95. The number of para-hydroxylation sites is 1. The first-order valence-corrected chi connectivity index (χ1v) is 10.8. The molecule has 0 radical (unpaired) electrons. The molecule has 3 aromatic rings. The van der Waals surface area contributed by atoms with E-state index in [0.29, 0.717) is 17.5 Å². The van der Waals surface area contributed by atoms with Gasteiger partial charge in [0.15, 0.2) is 0 Å². The van der Waals surface area contributed by atoms with Gasteiger partial charge in [-0.3, -0.25) is 9.69 Å². The average molecular weight is 422 g/mol. The van der Waals surface area contributed by atoms with Crippen molar-refractivity contribution in [2.45, 2.75) is 52.6 Å². The fraction of sp³-hybridized carbons (Fsp3) is 0.385. The van der Waals surface area contributed by atoms with Gasteiger partial charge in [0.1, 0.15) is 17.1 Å². The summed E-state index contributed by atoms with van der Waals surface area (Å²) in [6.45, 7) is 10.4. The van der Waals surface area contributed by atoms with Gasteiger partial charge in [-0.25, -0.2) is 4.79 Å². The number of hydrogen-bond acceptors (Lipinski definition) is 5. The Hall–Kier alpha value is -2.92. The molecule has 0 aliphatic heterocycles. The number of rotatable bonds is 8. The van der Waals surface area contributed by atoms with Gasteiger partial charge in [0.2, 0.25) is 0 Å². The number of carbonyl (C=O) groups is 1. The zero-order valence-corrected chi connectivity index (χ0v) is 18.8. The van der Waals surface area contributed by atoms with E-state index in [1.165, 1.54) is 0 Å². The lowest BCUT2D eigenvalue weighted by Crippen LogP contribution is -2.44. The van der Waals surface area contributed by atoms with E-state index in [2.05, 4.69) is 32.6 Å². The molecule has 1 heterocycles. The van der Waals surface area contributed by atoms with Crippen molar-refractivity contribution < 1.29 is 14.3 Å². The van der Waals surface area contributed by atoms with Crippen LogP contribution in [-0.2, 0) is 4.79 Å². The van der Waals surface area contributed by atoms with Crippen LogP contribution in [0, 0.1) is 5.92 Å². The molecule has 0 aliphatic carbocycles. The van der Waals surface area contributed by atoms with Gasteiger partial charge in [-0.05, 0) is 52.3 Å². The van der Waals surface area contributed by atoms with Crippen LogP contribution in [0.3, 0.4) is 0 Å². The summed E-state index contributed by atoms with van der Waals surface area (Å²) in [5.74, 6) is -1.30. The highest BCUT2D eigenvalue weighted by Crippen LogP contribution is 2.39. The van der Waals surface area contributed by atoms with E-state index >= 15 is 0 Å². The molecule has 2 aromatic carbocycles. The molecule has 0 aliphatic rings. The van der Waals surface area contributed by atoms with Crippen molar-refractivity contribution in [2.24, 2.45) is 5.92 Å². The molecule has 0 amide bonds. The van der Waals surface area contributed by atoms with Crippen LogP contribution in [0.5, 0.6) is 5.75 Å². The van der Waals surface area contributed by atoms with E-state index < -0.39 is 17.5 Å². The molecule has 5 heteroatoms. The number of ketones is 1. The monoisotopic (exact) mass is 421 g/mol. The van der Waals surface area contributed by atoms with Crippen LogP contribution in [0.25, 0.3) is 11.0 Å². The summed E-state index contributed by atoms with van der Waals surface area (Å²) < 4.78 is 5.57. The minimum atomic E-state index is -0.625. The van der Waals surface area contributed by atoms with Crippen molar-refractivity contribution >= 4 is 16.8 Å². The van der Waals surface area contributed by atoms with Crippen LogP contribution in [0.4, 0.5) is 0 Å². The van der Waals surface area contributed by atoms with Crippen LogP contribution >= 0.6 is 0 Å². The quantitative estimate of drug-likeness (QED) is 0.521. The van der Waals surface area contributed by atoms with Gasteiger partial charge in [-0.1, -0.05) is 42.5 Å². The molecule has 0 spiro atoms. The third-order valence-electron chi connectivity index (χ3n) is 5.95. The lowest BCUT2D eigenvalue weighted by atomic mass is 9.78. The normalized spacial score (nSPS) is 13.8. The van der Waals surface area contributed by atoms with Crippen molar-refractivity contribution in [2.75, 3.05) is 6.54 Å². The summed E-state index contributed by atoms with van der Waals surface area (Å²) in [6.07, 6.45) is 0. The van der Waals surface area contributed by atoms with E-state index in [9.17, 15) is 14.7 Å². The number of benzene rings is 2. The highest BCUT2D eigenvalue weighted by atomic mass is 16.4. The predicted molar refractivity (Wildman–Crippen MR) is 124 cm³/mol. The Balaban J connectivity index is 2.25. The molecule has 31 heavy (non-hydrogen) atoms. The summed E-state index contributed by atoms with van der Waals surface area (Å²) >= 11 is 0. The van der Waals surface area contributed by atoms with Crippen molar-refractivity contribution in [3.05, 3.63) is 76.1 Å². The first kappa shape index (κ1) is 22.8. The maximum atomic E-state index is 13.1. The van der Waals surface area contributed by atoms with Crippen molar-refractivity contribution in [3.8, 4) is 5.75 Å². The Bertz CT molecular complexity index is 1090. The molecule has 0 fully saturated rings. The molecular formula is C26H31NO4. The molecule has 0 unspecified atom stereocenters. The van der Waals surface area contributed by atoms with Crippen molar-refractivity contribution in [1.29, 1.82) is 0 Å². The van der Waals surface area contributed by atoms with Crippen molar-refractivity contribution in [3.63, 3.8) is 0 Å². The molecule has 164 valence electrons. The van der Waals surface area contributed by atoms with Crippen molar-refractivity contribution in [1.82, 2.24) is 4.90 Å². The van der Waals surface area contributed by atoms with Gasteiger partial charge in [0.05, 0.1) is 10.9 Å². The summed E-state index contributed by atoms with van der Waals surface area (Å²) in [6, 6.07) is 16.8. The lowest BCUT2D eigenvalue weighted by Gasteiger charge is -2.36. The van der Waals surface area contributed by atoms with Gasteiger partial charge in [0.25, 0.3) is 0 Å². The molecule has 1 aromatic heterocycles. The van der Waals surface area contributed by atoms with E-state index in [0.717, 1.165) is 5.56 Å². The van der Waals surface area contributed by atoms with Crippen LogP contribution in [0.1, 0.15) is 51.7 Å². The van der Waals surface area contributed by atoms with Gasteiger partial charge < -0.3 is 9.52 Å². The second kappa shape index (κ2) is 9.48. The molecule has 5 nitrogen and oxygen atoms in total. The molecule has 3 rings (SSSR count). The van der Waals surface area contributed by atoms with E-state index in [1.807, 2.05) is 30.3 Å². The summed E-state index contributed by atoms with van der Waals surface area (Å²) in [4.78, 5) is 28.3. The SMILES string of the molecule is CC(=O)[C@H](CN(C(C)C)C(C)C)[C@@H](c1ccccc1)c1c(O)c2ccccc2oc1=O. The van der Waals surface area contributed by atoms with Crippen LogP contribution < -0.4 is 5.63 Å². The molecule has 0 saturated carbocycles. The Labute approximate surface area is 183 Å². The highest BCUT2D eigenvalue weighted by molar-refractivity contribution is 5.86. The summed E-state index contributed by atoms with van der Waals surface area (Å²) in [5, 5.41) is 11.6. The minimum absolute atomic E-state index is 0.0351. The second-order valence-corrected chi connectivity index (χ2v) is 8.64. The third kappa shape index (κ3) is 4.72. The number of carbonyl (C=O) groups excluding carboxylic acids is 1. The minimum Gasteiger partial charge on any atom is -0.507 e. The topological polar surface area (TPSA) is 70.8 Å². The maximum Gasteiger partial charge on any atom is 0.343 e. The van der Waals surface area contributed by atoms with Crippen LogP contribution in [0.2, 0.25) is 0 Å². The van der Waals surface area contributed by atoms with Crippen LogP contribution in [0.15, 0.2) is 63.8 Å². The van der Waals surface area contributed by atoms with E-state index in [1.54, 1.807) is 31.2 Å². The van der Waals surface area contributed by atoms with Gasteiger partial charge in [-0.2, -0.15) is 0 Å². The Morgan fingerprint density at radius 3 is 2.13 bits per heavy atom. The average Bonchev–Trinajstić information content (AvgIpc) is 2.72. The van der Waals surface area contributed by atoms with Crippen LogP contribution in [-0.4, -0.2) is 34.4 Å². The number of Topliss-reactive ketones (excluding diaryl/α,β-unsaturated/α-hetero) is 1. The molecular weight excluding hydrogens is 390 g/mol. The number of nitrogens with zero attached hydrogens (tertiary/aromatic N) is 1. The number of hydrogen-bond donors (Lipinski definition) is 1. The van der Waals surface area contributed by atoms with E-state index in [4.69, 9.17) is 4.42 Å². The molecule has 0 saturated heterocycles. The molecule has 2 atom stereocenters. The summed E-state index contributed by atoms with van der Waals surface area (Å²) in [7, 11) is 0. The molecule has 0 bridgehead atoms. The maximum absolute atomic E-state index is 13.1. The van der Waals surface area contributed by atoms with Gasteiger partial charge in [-0.15, -0.1) is 0 Å². The second-order valence-electron chi connectivity index (χ2n) is 8.64. The number of fused-ring (bicyclic) bond motifs is 1. The third-order valence-corrected chi connectivity index (χ3v) is 5.95. The lowest BCUT2D eigenvalue weighted by molar-refractivity contribution is -0.122. The largest absolute Gasteiger partial charge is 0.507 e.